The zero-order chi connectivity index (χ0) is 39.9. The molecular weight excluding hydrogens is 719 g/mol. The van der Waals surface area contributed by atoms with Crippen molar-refractivity contribution in [3.05, 3.63) is 30.5 Å². The second-order valence-corrected chi connectivity index (χ2v) is 18.6. The van der Waals surface area contributed by atoms with Gasteiger partial charge in [0.25, 0.3) is 0 Å². The first-order chi connectivity index (χ1) is 25.1. The molecule has 3 fully saturated rings. The number of methoxy groups -OCH3 is 2. The van der Waals surface area contributed by atoms with Crippen molar-refractivity contribution >= 4 is 44.6 Å². The van der Waals surface area contributed by atoms with E-state index in [4.69, 9.17) is 23.1 Å². The molecule has 1 aliphatic heterocycles. The van der Waals surface area contributed by atoms with Crippen molar-refractivity contribution in [3.63, 3.8) is 0 Å². The standard InChI is InChI=1S/C39H55N3O11S/c1-36(2,3)29(20-32(44)52-37(4,5)6)34(45)42-23-27(51-33-28-11-10-26(50-9)18-24(28)12-16-40-33)19-30(42)31(43)22-39(21-25(39)13-17-49-8)35(46)41-54(47,48)53-38(7)14-15-38/h10-12,16,18,25,27,29-30H,13-15,17,19-23H2,1-9H3,(H,41,46)/t25-,27-,29-,30+,39-/m1/s1. The van der Waals surface area contributed by atoms with Crippen molar-refractivity contribution < 1.29 is 50.7 Å². The fourth-order valence-electron chi connectivity index (χ4n) is 7.24. The minimum atomic E-state index is -4.45. The molecule has 14 nitrogen and oxygen atoms in total. The molecule has 0 bridgehead atoms. The monoisotopic (exact) mass is 773 g/mol. The van der Waals surface area contributed by atoms with Crippen LogP contribution in [-0.2, 0) is 43.1 Å². The summed E-state index contributed by atoms with van der Waals surface area (Å²) < 4.78 is 55.7. The summed E-state index contributed by atoms with van der Waals surface area (Å²) in [5.74, 6) is -2.43. The number of nitrogens with zero attached hydrogens (tertiary/aromatic N) is 2. The number of fused-ring (bicyclic) bond motifs is 1. The van der Waals surface area contributed by atoms with E-state index < -0.39 is 74.0 Å². The van der Waals surface area contributed by atoms with Crippen molar-refractivity contribution in [3.8, 4) is 11.6 Å². The lowest BCUT2D eigenvalue weighted by Crippen LogP contribution is -2.49. The summed E-state index contributed by atoms with van der Waals surface area (Å²) in [6.45, 7) is 12.8. The summed E-state index contributed by atoms with van der Waals surface area (Å²) in [5, 5.41) is 1.53. The zero-order valence-corrected chi connectivity index (χ0v) is 33.7. The van der Waals surface area contributed by atoms with Gasteiger partial charge in [-0.05, 0) is 94.4 Å². The Morgan fingerprint density at radius 3 is 2.37 bits per heavy atom. The number of amides is 2. The van der Waals surface area contributed by atoms with Crippen LogP contribution in [0.25, 0.3) is 10.8 Å². The molecule has 1 N–H and O–H groups in total. The predicted molar refractivity (Wildman–Crippen MR) is 199 cm³/mol. The number of pyridine rings is 1. The highest BCUT2D eigenvalue weighted by Crippen LogP contribution is 2.58. The quantitative estimate of drug-likeness (QED) is 0.228. The maximum Gasteiger partial charge on any atom is 0.362 e. The number of rotatable bonds is 16. The predicted octanol–water partition coefficient (Wildman–Crippen LogP) is 4.92. The zero-order valence-electron chi connectivity index (χ0n) is 32.9. The number of hydrogen-bond donors (Lipinski definition) is 1. The lowest BCUT2D eigenvalue weighted by Gasteiger charge is -2.35. The highest BCUT2D eigenvalue weighted by atomic mass is 32.2. The van der Waals surface area contributed by atoms with E-state index in [1.165, 1.54) is 12.0 Å². The first-order valence-corrected chi connectivity index (χ1v) is 19.9. The van der Waals surface area contributed by atoms with Gasteiger partial charge in [-0.15, -0.1) is 0 Å². The Balaban J connectivity index is 1.45. The number of likely N-dealkylation sites (tertiary alicyclic amines) is 1. The lowest BCUT2D eigenvalue weighted by atomic mass is 9.77. The number of benzene rings is 1. The summed E-state index contributed by atoms with van der Waals surface area (Å²) in [6.07, 6.45) is 2.25. The number of ketones is 1. The Morgan fingerprint density at radius 1 is 1.06 bits per heavy atom. The Kier molecular flexibility index (Phi) is 11.8. The number of esters is 1. The van der Waals surface area contributed by atoms with Gasteiger partial charge in [-0.1, -0.05) is 20.8 Å². The summed E-state index contributed by atoms with van der Waals surface area (Å²) in [5.41, 5.74) is -3.68. The summed E-state index contributed by atoms with van der Waals surface area (Å²) in [7, 11) is -1.35. The van der Waals surface area contributed by atoms with Crippen LogP contribution in [0.5, 0.6) is 11.6 Å². The van der Waals surface area contributed by atoms with Gasteiger partial charge in [-0.3, -0.25) is 19.2 Å². The molecule has 5 rings (SSSR count). The highest BCUT2D eigenvalue weighted by molar-refractivity contribution is 7.85. The van der Waals surface area contributed by atoms with Gasteiger partial charge in [0.2, 0.25) is 17.7 Å². The van der Waals surface area contributed by atoms with Crippen LogP contribution in [0.1, 0.15) is 93.4 Å². The van der Waals surface area contributed by atoms with Gasteiger partial charge in [0.1, 0.15) is 17.5 Å². The van der Waals surface area contributed by atoms with Gasteiger partial charge < -0.3 is 23.8 Å². The average Bonchev–Trinajstić information content (AvgIpc) is 3.92. The summed E-state index contributed by atoms with van der Waals surface area (Å²) >= 11 is 0. The summed E-state index contributed by atoms with van der Waals surface area (Å²) in [4.78, 5) is 62.0. The number of aromatic nitrogens is 1. The number of ether oxygens (including phenoxy) is 4. The number of nitrogens with one attached hydrogen (secondary N) is 1. The molecule has 0 unspecified atom stereocenters. The van der Waals surface area contributed by atoms with Crippen LogP contribution in [0, 0.1) is 22.7 Å². The molecule has 2 aromatic rings. The lowest BCUT2D eigenvalue weighted by molar-refractivity contribution is -0.161. The van der Waals surface area contributed by atoms with Gasteiger partial charge in [0.15, 0.2) is 5.78 Å². The molecule has 2 saturated carbocycles. The number of carbonyl (C=O) groups is 4. The van der Waals surface area contributed by atoms with Crippen LogP contribution in [0.15, 0.2) is 30.5 Å². The minimum Gasteiger partial charge on any atom is -0.497 e. The largest absolute Gasteiger partial charge is 0.497 e. The Hall–Kier alpha value is -3.82. The van der Waals surface area contributed by atoms with Crippen LogP contribution in [0.3, 0.4) is 0 Å². The van der Waals surface area contributed by atoms with E-state index in [1.807, 2.05) is 39.0 Å². The maximum absolute atomic E-state index is 14.6. The summed E-state index contributed by atoms with van der Waals surface area (Å²) in [6, 6.07) is 6.25. The van der Waals surface area contributed by atoms with E-state index in [0.29, 0.717) is 42.9 Å². The van der Waals surface area contributed by atoms with E-state index in [-0.39, 0.29) is 38.1 Å². The van der Waals surface area contributed by atoms with E-state index in [0.717, 1.165) is 5.39 Å². The molecule has 1 aromatic carbocycles. The van der Waals surface area contributed by atoms with E-state index in [9.17, 15) is 27.6 Å². The van der Waals surface area contributed by atoms with E-state index in [2.05, 4.69) is 9.71 Å². The van der Waals surface area contributed by atoms with Crippen molar-refractivity contribution in [2.45, 2.75) is 117 Å². The van der Waals surface area contributed by atoms with Crippen LogP contribution in [0.4, 0.5) is 0 Å². The molecule has 0 spiro atoms. The van der Waals surface area contributed by atoms with Crippen molar-refractivity contribution in [1.82, 2.24) is 14.6 Å². The topological polar surface area (TPSA) is 177 Å². The smallest absolute Gasteiger partial charge is 0.362 e. The fraction of sp³-hybridized carbons (Fsp3) is 0.667. The third-order valence-electron chi connectivity index (χ3n) is 10.6. The molecule has 54 heavy (non-hydrogen) atoms. The normalized spacial score (nSPS) is 24.1. The molecule has 298 valence electrons. The average molecular weight is 774 g/mol. The van der Waals surface area contributed by atoms with E-state index >= 15 is 0 Å². The minimum absolute atomic E-state index is 0.0114. The molecule has 5 atom stereocenters. The van der Waals surface area contributed by atoms with Gasteiger partial charge >= 0.3 is 16.3 Å². The SMILES string of the molecule is COCC[C@@H]1C[C@]1(CC(=O)[C@@H]1C[C@@H](Oc2nccc3cc(OC)ccc23)CN1C(=O)[C@@H](CC(=O)OC(C)(C)C)C(C)(C)C)C(=O)NS(=O)(=O)OC1(C)CC1. The van der Waals surface area contributed by atoms with Crippen molar-refractivity contribution in [2.75, 3.05) is 27.4 Å². The molecular formula is C39H55N3O11S. The number of carbonyl (C=O) groups excluding carboxylic acids is 4. The van der Waals surface area contributed by atoms with Crippen LogP contribution >= 0.6 is 0 Å². The number of hydrogen-bond acceptors (Lipinski definition) is 12. The van der Waals surface area contributed by atoms with Crippen molar-refractivity contribution in [1.29, 1.82) is 0 Å². The van der Waals surface area contributed by atoms with Gasteiger partial charge in [0.05, 0.1) is 43.1 Å². The number of Topliss-reactive ketones (excluding diaryl/α,β-unsaturated/α-hetero) is 1. The van der Waals surface area contributed by atoms with Crippen LogP contribution < -0.4 is 14.2 Å². The Labute approximate surface area is 318 Å². The molecule has 0 radical (unpaired) electrons. The first-order valence-electron chi connectivity index (χ1n) is 18.5. The molecule has 15 heteroatoms. The third-order valence-corrected chi connectivity index (χ3v) is 11.6. The highest BCUT2D eigenvalue weighted by Gasteiger charge is 2.62. The Bertz CT molecular complexity index is 1860. The van der Waals surface area contributed by atoms with E-state index in [1.54, 1.807) is 47.1 Å². The van der Waals surface area contributed by atoms with Gasteiger partial charge in [-0.25, -0.2) is 13.9 Å². The van der Waals surface area contributed by atoms with Gasteiger partial charge in [0, 0.05) is 38.1 Å². The first kappa shape index (κ1) is 41.3. The molecule has 1 aromatic heterocycles. The maximum atomic E-state index is 14.6. The van der Waals surface area contributed by atoms with Crippen LogP contribution in [-0.4, -0.2) is 92.6 Å². The van der Waals surface area contributed by atoms with Crippen molar-refractivity contribution in [2.24, 2.45) is 22.7 Å². The molecule has 2 aliphatic carbocycles. The molecule has 1 saturated heterocycles. The second-order valence-electron chi connectivity index (χ2n) is 17.3. The fourth-order valence-corrected chi connectivity index (χ4v) is 8.40. The Morgan fingerprint density at radius 2 is 1.76 bits per heavy atom. The van der Waals surface area contributed by atoms with Crippen LogP contribution in [0.2, 0.25) is 0 Å². The molecule has 2 heterocycles. The molecule has 3 aliphatic rings. The third kappa shape index (κ3) is 9.88. The van der Waals surface area contributed by atoms with Gasteiger partial charge in [-0.2, -0.15) is 8.42 Å². The second kappa shape index (κ2) is 15.4. The molecule has 2 amide bonds.